The van der Waals surface area contributed by atoms with Gasteiger partial charge in [-0.25, -0.2) is 4.79 Å². The van der Waals surface area contributed by atoms with Crippen molar-refractivity contribution in [3.63, 3.8) is 0 Å². The molecule has 1 aromatic rings. The zero-order valence-corrected chi connectivity index (χ0v) is 19.7. The van der Waals surface area contributed by atoms with Gasteiger partial charge in [0.05, 0.1) is 12.2 Å². The van der Waals surface area contributed by atoms with E-state index in [2.05, 4.69) is 19.0 Å². The first-order valence-corrected chi connectivity index (χ1v) is 12.5. The van der Waals surface area contributed by atoms with Crippen molar-refractivity contribution in [3.8, 4) is 0 Å². The van der Waals surface area contributed by atoms with E-state index < -0.39 is 5.60 Å². The Balaban J connectivity index is 1.37. The molecule has 0 amide bonds. The third-order valence-electron chi connectivity index (χ3n) is 10.3. The molecule has 3 unspecified atom stereocenters. The average Bonchev–Trinajstić information content (AvgIpc) is 3.32. The van der Waals surface area contributed by atoms with Crippen molar-refractivity contribution in [2.75, 3.05) is 6.61 Å². The van der Waals surface area contributed by atoms with Crippen molar-refractivity contribution in [1.82, 2.24) is 5.16 Å². The third-order valence-corrected chi connectivity index (χ3v) is 10.3. The summed E-state index contributed by atoms with van der Waals surface area (Å²) < 4.78 is 10.8. The fourth-order valence-corrected chi connectivity index (χ4v) is 8.65. The maximum atomic E-state index is 12.1. The number of nitrogens with zero attached hydrogens (tertiary/aromatic N) is 1. The molecule has 0 aromatic carbocycles. The van der Waals surface area contributed by atoms with Gasteiger partial charge in [-0.3, -0.25) is 0 Å². The predicted molar refractivity (Wildman–Crippen MR) is 118 cm³/mol. The zero-order chi connectivity index (χ0) is 22.0. The lowest BCUT2D eigenvalue weighted by Crippen LogP contribution is -2.55. The molecule has 1 aromatic heterocycles. The number of aliphatic hydroxyl groups is 1. The molecule has 4 saturated carbocycles. The van der Waals surface area contributed by atoms with Crippen molar-refractivity contribution in [2.45, 2.75) is 97.0 Å². The molecule has 5 heteroatoms. The minimum atomic E-state index is -0.471. The Morgan fingerprint density at radius 3 is 2.65 bits per heavy atom. The molecule has 8 atom stereocenters. The number of aromatic nitrogens is 1. The first-order valence-electron chi connectivity index (χ1n) is 12.5. The average molecular weight is 430 g/mol. The summed E-state index contributed by atoms with van der Waals surface area (Å²) in [5, 5.41) is 14.7. The molecule has 0 bridgehead atoms. The van der Waals surface area contributed by atoms with Crippen LogP contribution in [0.15, 0.2) is 10.6 Å². The number of fused-ring (bicyclic) bond motifs is 5. The molecule has 0 spiro atoms. The van der Waals surface area contributed by atoms with Gasteiger partial charge < -0.3 is 14.4 Å². The Hall–Kier alpha value is -1.36. The number of rotatable bonds is 3. The van der Waals surface area contributed by atoms with Crippen molar-refractivity contribution in [1.29, 1.82) is 0 Å². The standard InChI is InChI=1S/C26H39NO4/c1-5-30-23(28)21-14-22(31-27-21)20-9-8-18-17-7-6-16-15-24(2,29)12-13-25(16,3)19(17)10-11-26(18,20)4/h14,16-20,29H,5-13,15H2,1-4H3/t16-,17?,18?,19?,20+,24+,25-,26-/m0/s1. The second-order valence-corrected chi connectivity index (χ2v) is 11.9. The van der Waals surface area contributed by atoms with Crippen LogP contribution in [0.1, 0.15) is 108 Å². The normalized spacial score (nSPS) is 46.7. The van der Waals surface area contributed by atoms with Crippen molar-refractivity contribution < 1.29 is 19.2 Å². The smallest absolute Gasteiger partial charge is 0.360 e. The molecule has 0 aliphatic heterocycles. The third kappa shape index (κ3) is 3.29. The van der Waals surface area contributed by atoms with Gasteiger partial charge in [0.1, 0.15) is 5.76 Å². The Morgan fingerprint density at radius 2 is 1.87 bits per heavy atom. The number of carbonyl (C=O) groups excluding carboxylic acids is 1. The fourth-order valence-electron chi connectivity index (χ4n) is 8.65. The predicted octanol–water partition coefficient (Wildman–Crippen LogP) is 5.73. The molecule has 0 radical (unpaired) electrons. The topological polar surface area (TPSA) is 72.6 Å². The fraction of sp³-hybridized carbons (Fsp3) is 0.846. The highest BCUT2D eigenvalue weighted by Crippen LogP contribution is 2.69. The number of hydrogen-bond donors (Lipinski definition) is 1. The molecular weight excluding hydrogens is 390 g/mol. The molecule has 1 heterocycles. The van der Waals surface area contributed by atoms with Gasteiger partial charge in [-0.1, -0.05) is 19.0 Å². The van der Waals surface area contributed by atoms with Gasteiger partial charge in [-0.15, -0.1) is 0 Å². The van der Waals surface area contributed by atoms with E-state index in [0.717, 1.165) is 36.9 Å². The summed E-state index contributed by atoms with van der Waals surface area (Å²) in [6.45, 7) is 9.21. The summed E-state index contributed by atoms with van der Waals surface area (Å²) in [6.07, 6.45) is 10.5. The SMILES string of the molecule is CCOC(=O)c1cc([C@H]2CCC3C4CC[C@H]5C[C@](C)(O)CC[C@]5(C)C4CC[C@@]32C)on1. The minimum Gasteiger partial charge on any atom is -0.461 e. The monoisotopic (exact) mass is 429 g/mol. The molecule has 31 heavy (non-hydrogen) atoms. The van der Waals surface area contributed by atoms with E-state index in [-0.39, 0.29) is 11.4 Å². The Labute approximate surface area is 186 Å². The second-order valence-electron chi connectivity index (χ2n) is 11.9. The van der Waals surface area contributed by atoms with Gasteiger partial charge in [-0.05, 0) is 106 Å². The summed E-state index contributed by atoms with van der Waals surface area (Å²) in [7, 11) is 0. The minimum absolute atomic E-state index is 0.218. The van der Waals surface area contributed by atoms with Crippen LogP contribution >= 0.6 is 0 Å². The summed E-state index contributed by atoms with van der Waals surface area (Å²) in [4.78, 5) is 12.1. The molecule has 4 fully saturated rings. The molecule has 5 rings (SSSR count). The van der Waals surface area contributed by atoms with Crippen LogP contribution in [0, 0.1) is 34.5 Å². The van der Waals surface area contributed by atoms with E-state index >= 15 is 0 Å². The van der Waals surface area contributed by atoms with Crippen LogP contribution in [0.2, 0.25) is 0 Å². The Morgan fingerprint density at radius 1 is 1.10 bits per heavy atom. The number of ether oxygens (including phenoxy) is 1. The summed E-state index contributed by atoms with van der Waals surface area (Å²) >= 11 is 0. The van der Waals surface area contributed by atoms with Crippen molar-refractivity contribution in [2.24, 2.45) is 34.5 Å². The van der Waals surface area contributed by atoms with Gasteiger partial charge in [0.25, 0.3) is 0 Å². The van der Waals surface area contributed by atoms with Crippen LogP contribution in [0.4, 0.5) is 0 Å². The van der Waals surface area contributed by atoms with E-state index in [1.807, 2.05) is 19.9 Å². The van der Waals surface area contributed by atoms with E-state index in [1.165, 1.54) is 38.5 Å². The van der Waals surface area contributed by atoms with Gasteiger partial charge >= 0.3 is 5.97 Å². The summed E-state index contributed by atoms with van der Waals surface area (Å²) in [5.74, 6) is 3.77. The maximum Gasteiger partial charge on any atom is 0.360 e. The highest BCUT2D eigenvalue weighted by molar-refractivity contribution is 5.87. The highest BCUT2D eigenvalue weighted by atomic mass is 16.5. The van der Waals surface area contributed by atoms with Crippen molar-refractivity contribution >= 4 is 5.97 Å². The van der Waals surface area contributed by atoms with Crippen LogP contribution in [0.5, 0.6) is 0 Å². The summed E-state index contributed by atoms with van der Waals surface area (Å²) in [5.41, 5.74) is 0.436. The highest BCUT2D eigenvalue weighted by Gasteiger charge is 2.61. The molecule has 4 aliphatic rings. The van der Waals surface area contributed by atoms with Gasteiger partial charge in [0.2, 0.25) is 0 Å². The van der Waals surface area contributed by atoms with Crippen LogP contribution in [0.3, 0.4) is 0 Å². The molecule has 4 aliphatic carbocycles. The number of carbonyl (C=O) groups is 1. The van der Waals surface area contributed by atoms with Crippen LogP contribution < -0.4 is 0 Å². The largest absolute Gasteiger partial charge is 0.461 e. The van der Waals surface area contributed by atoms with E-state index in [0.29, 0.717) is 35.5 Å². The van der Waals surface area contributed by atoms with Gasteiger partial charge in [-0.2, -0.15) is 0 Å². The lowest BCUT2D eigenvalue weighted by Gasteiger charge is -2.61. The number of hydrogen-bond acceptors (Lipinski definition) is 5. The van der Waals surface area contributed by atoms with E-state index in [9.17, 15) is 9.90 Å². The molecule has 1 N–H and O–H groups in total. The first-order chi connectivity index (χ1) is 14.7. The Kier molecular flexibility index (Phi) is 5.08. The first kappa shape index (κ1) is 21.5. The molecule has 5 nitrogen and oxygen atoms in total. The van der Waals surface area contributed by atoms with E-state index in [1.54, 1.807) is 0 Å². The van der Waals surface area contributed by atoms with Crippen LogP contribution in [0.25, 0.3) is 0 Å². The lowest BCUT2D eigenvalue weighted by atomic mass is 9.44. The lowest BCUT2D eigenvalue weighted by molar-refractivity contribution is -0.144. The zero-order valence-electron chi connectivity index (χ0n) is 19.7. The molecule has 172 valence electrons. The molecular formula is C26H39NO4. The summed E-state index contributed by atoms with van der Waals surface area (Å²) in [6, 6.07) is 1.84. The Bertz CT molecular complexity index is 846. The quantitative estimate of drug-likeness (QED) is 0.621. The van der Waals surface area contributed by atoms with Crippen molar-refractivity contribution in [3.05, 3.63) is 17.5 Å². The van der Waals surface area contributed by atoms with Gasteiger partial charge in [0.15, 0.2) is 5.69 Å². The maximum absolute atomic E-state index is 12.1. The van der Waals surface area contributed by atoms with Crippen LogP contribution in [-0.4, -0.2) is 28.4 Å². The second kappa shape index (κ2) is 7.33. The van der Waals surface area contributed by atoms with Crippen LogP contribution in [-0.2, 0) is 4.74 Å². The van der Waals surface area contributed by atoms with E-state index in [4.69, 9.17) is 9.26 Å². The van der Waals surface area contributed by atoms with Gasteiger partial charge in [0, 0.05) is 12.0 Å². The number of esters is 1. The molecule has 0 saturated heterocycles.